The van der Waals surface area contributed by atoms with Gasteiger partial charge in [0.05, 0.1) is 16.6 Å². The molecule has 8 aromatic rings. The van der Waals surface area contributed by atoms with E-state index in [1.54, 1.807) is 0 Å². The van der Waals surface area contributed by atoms with Gasteiger partial charge in [0.2, 0.25) is 0 Å². The Labute approximate surface area is 257 Å². The van der Waals surface area contributed by atoms with Gasteiger partial charge in [0, 0.05) is 28.0 Å². The molecule has 1 aliphatic rings. The summed E-state index contributed by atoms with van der Waals surface area (Å²) >= 11 is 0. The SMILES string of the molecule is CCCC(C)c1ccc2c(-c3ccc(-n4c5ccccc5c5ccc6ncccc6c54)cc3)ccc3c2c1-c1ccccc1-3. The molecule has 0 amide bonds. The highest BCUT2D eigenvalue weighted by atomic mass is 15.0. The maximum Gasteiger partial charge on any atom is 0.0723 e. The zero-order valence-electron chi connectivity index (χ0n) is 25.0. The Balaban J connectivity index is 1.24. The van der Waals surface area contributed by atoms with Crippen LogP contribution in [0.1, 0.15) is 38.2 Å². The fourth-order valence-electron chi connectivity index (χ4n) is 7.83. The third kappa shape index (κ3) is 3.51. The standard InChI is InChI=1S/C42H32N2/c1-3-9-26(2)29-19-21-34-30(20-22-35-31-10-4-5-12-33(31)40(29)41(34)35)27-15-17-28(18-16-27)44-39-14-7-6-11-32(39)36-23-24-38-37(42(36)44)13-8-25-43-38/h4-8,10-26H,3,9H2,1-2H3. The van der Waals surface area contributed by atoms with Crippen LogP contribution < -0.4 is 0 Å². The van der Waals surface area contributed by atoms with Gasteiger partial charge >= 0.3 is 0 Å². The number of benzene rings is 6. The third-order valence-corrected chi connectivity index (χ3v) is 9.80. The van der Waals surface area contributed by atoms with Gasteiger partial charge in [-0.3, -0.25) is 4.98 Å². The Morgan fingerprint density at radius 3 is 2.23 bits per heavy atom. The average molecular weight is 565 g/mol. The largest absolute Gasteiger partial charge is 0.309 e. The van der Waals surface area contributed by atoms with Gasteiger partial charge in [-0.25, -0.2) is 0 Å². The molecule has 2 nitrogen and oxygen atoms in total. The first-order chi connectivity index (χ1) is 21.7. The van der Waals surface area contributed by atoms with Gasteiger partial charge in [0.15, 0.2) is 0 Å². The van der Waals surface area contributed by atoms with Gasteiger partial charge in [0.1, 0.15) is 0 Å². The number of pyridine rings is 1. The Hall–Kier alpha value is -5.21. The zero-order valence-corrected chi connectivity index (χ0v) is 25.0. The van der Waals surface area contributed by atoms with E-state index < -0.39 is 0 Å². The van der Waals surface area contributed by atoms with Crippen LogP contribution in [0.4, 0.5) is 0 Å². The molecule has 0 saturated carbocycles. The molecule has 0 fully saturated rings. The van der Waals surface area contributed by atoms with Crippen molar-refractivity contribution in [3.63, 3.8) is 0 Å². The molecule has 1 atom stereocenters. The molecule has 1 aliphatic carbocycles. The van der Waals surface area contributed by atoms with Crippen LogP contribution in [0.5, 0.6) is 0 Å². The molecule has 1 unspecified atom stereocenters. The topological polar surface area (TPSA) is 17.8 Å². The van der Waals surface area contributed by atoms with Crippen molar-refractivity contribution in [2.45, 2.75) is 32.6 Å². The Kier molecular flexibility index (Phi) is 5.55. The summed E-state index contributed by atoms with van der Waals surface area (Å²) in [4.78, 5) is 4.67. The number of fused-ring (bicyclic) bond motifs is 8. The van der Waals surface area contributed by atoms with Crippen molar-refractivity contribution in [3.8, 4) is 39.1 Å². The molecule has 0 spiro atoms. The summed E-state index contributed by atoms with van der Waals surface area (Å²) in [5, 5.41) is 6.44. The van der Waals surface area contributed by atoms with E-state index in [-0.39, 0.29) is 0 Å². The van der Waals surface area contributed by atoms with Gasteiger partial charge in [-0.1, -0.05) is 105 Å². The van der Waals surface area contributed by atoms with Crippen molar-refractivity contribution in [1.82, 2.24) is 9.55 Å². The second-order valence-corrected chi connectivity index (χ2v) is 12.3. The lowest BCUT2D eigenvalue weighted by molar-refractivity contribution is 0.667. The molecule has 2 aromatic heterocycles. The maximum atomic E-state index is 4.67. The molecule has 0 radical (unpaired) electrons. The fourth-order valence-corrected chi connectivity index (χ4v) is 7.83. The lowest BCUT2D eigenvalue weighted by Crippen LogP contribution is -1.97. The van der Waals surface area contributed by atoms with Crippen LogP contribution in [0.2, 0.25) is 0 Å². The number of hydrogen-bond acceptors (Lipinski definition) is 1. The summed E-state index contributed by atoms with van der Waals surface area (Å²) < 4.78 is 2.41. The number of rotatable bonds is 5. The third-order valence-electron chi connectivity index (χ3n) is 9.80. The van der Waals surface area contributed by atoms with E-state index in [0.29, 0.717) is 5.92 Å². The minimum atomic E-state index is 0.527. The molecule has 0 saturated heterocycles. The smallest absolute Gasteiger partial charge is 0.0723 e. The van der Waals surface area contributed by atoms with Gasteiger partial charge in [-0.15, -0.1) is 0 Å². The summed E-state index contributed by atoms with van der Waals surface area (Å²) in [5.74, 6) is 0.527. The zero-order chi connectivity index (χ0) is 29.4. The highest BCUT2D eigenvalue weighted by Crippen LogP contribution is 2.52. The van der Waals surface area contributed by atoms with Crippen LogP contribution in [0.15, 0.2) is 128 Å². The molecule has 44 heavy (non-hydrogen) atoms. The Bertz CT molecular complexity index is 2410. The molecule has 0 bridgehead atoms. The fraction of sp³-hybridized carbons (Fsp3) is 0.119. The van der Waals surface area contributed by atoms with Gasteiger partial charge < -0.3 is 4.57 Å². The normalized spacial score (nSPS) is 12.9. The van der Waals surface area contributed by atoms with Gasteiger partial charge in [-0.2, -0.15) is 0 Å². The predicted molar refractivity (Wildman–Crippen MR) is 187 cm³/mol. The second kappa shape index (κ2) is 9.65. The van der Waals surface area contributed by atoms with Gasteiger partial charge in [-0.05, 0) is 98.5 Å². The number of hydrogen-bond donors (Lipinski definition) is 0. The lowest BCUT2D eigenvalue weighted by Gasteiger charge is -2.18. The van der Waals surface area contributed by atoms with E-state index in [1.165, 1.54) is 89.8 Å². The number of para-hydroxylation sites is 1. The highest BCUT2D eigenvalue weighted by molar-refractivity contribution is 6.20. The molecular weight excluding hydrogens is 532 g/mol. The van der Waals surface area contributed by atoms with Crippen LogP contribution in [0.25, 0.3) is 82.5 Å². The molecule has 6 aromatic carbocycles. The second-order valence-electron chi connectivity index (χ2n) is 12.3. The summed E-state index contributed by atoms with van der Waals surface area (Å²) in [6, 6.07) is 44.9. The Morgan fingerprint density at radius 2 is 1.36 bits per heavy atom. The maximum absolute atomic E-state index is 4.67. The van der Waals surface area contributed by atoms with Crippen molar-refractivity contribution in [1.29, 1.82) is 0 Å². The molecule has 2 heterocycles. The van der Waals surface area contributed by atoms with Crippen molar-refractivity contribution in [2.75, 3.05) is 0 Å². The van der Waals surface area contributed by atoms with Crippen LogP contribution in [0.3, 0.4) is 0 Å². The predicted octanol–water partition coefficient (Wildman–Crippen LogP) is 11.7. The molecule has 2 heteroatoms. The van der Waals surface area contributed by atoms with Crippen molar-refractivity contribution in [2.24, 2.45) is 0 Å². The van der Waals surface area contributed by atoms with E-state index in [9.17, 15) is 0 Å². The monoisotopic (exact) mass is 564 g/mol. The molecular formula is C42H32N2. The lowest BCUT2D eigenvalue weighted by atomic mass is 9.86. The first-order valence-corrected chi connectivity index (χ1v) is 15.8. The van der Waals surface area contributed by atoms with E-state index in [4.69, 9.17) is 0 Å². The van der Waals surface area contributed by atoms with Crippen LogP contribution in [-0.4, -0.2) is 9.55 Å². The van der Waals surface area contributed by atoms with Crippen LogP contribution >= 0.6 is 0 Å². The quantitative estimate of drug-likeness (QED) is 0.203. The van der Waals surface area contributed by atoms with Crippen molar-refractivity contribution < 1.29 is 0 Å². The first-order valence-electron chi connectivity index (χ1n) is 15.8. The highest BCUT2D eigenvalue weighted by Gasteiger charge is 2.26. The van der Waals surface area contributed by atoms with Crippen molar-refractivity contribution in [3.05, 3.63) is 133 Å². The minimum absolute atomic E-state index is 0.527. The Morgan fingerprint density at radius 1 is 0.614 bits per heavy atom. The van der Waals surface area contributed by atoms with Crippen molar-refractivity contribution >= 4 is 43.5 Å². The summed E-state index contributed by atoms with van der Waals surface area (Å²) in [6.07, 6.45) is 4.27. The van der Waals surface area contributed by atoms with Crippen LogP contribution in [0, 0.1) is 0 Å². The molecule has 9 rings (SSSR count). The average Bonchev–Trinajstić information content (AvgIpc) is 3.60. The van der Waals surface area contributed by atoms with Crippen LogP contribution in [-0.2, 0) is 0 Å². The summed E-state index contributed by atoms with van der Waals surface area (Å²) in [5.41, 5.74) is 14.1. The molecule has 210 valence electrons. The van der Waals surface area contributed by atoms with Gasteiger partial charge in [0.25, 0.3) is 0 Å². The molecule has 0 N–H and O–H groups in total. The molecule has 0 aliphatic heterocycles. The van der Waals surface area contributed by atoms with E-state index in [1.807, 2.05) is 12.3 Å². The summed E-state index contributed by atoms with van der Waals surface area (Å²) in [7, 11) is 0. The number of aromatic nitrogens is 2. The minimum Gasteiger partial charge on any atom is -0.309 e. The number of nitrogens with zero attached hydrogens (tertiary/aromatic N) is 2. The van der Waals surface area contributed by atoms with E-state index >= 15 is 0 Å². The first kappa shape index (κ1) is 25.3. The van der Waals surface area contributed by atoms with E-state index in [0.717, 1.165) is 11.2 Å². The summed E-state index contributed by atoms with van der Waals surface area (Å²) in [6.45, 7) is 4.68. The van der Waals surface area contributed by atoms with E-state index in [2.05, 4.69) is 139 Å².